The van der Waals surface area contributed by atoms with E-state index < -0.39 is 10.0 Å². The minimum absolute atomic E-state index is 0.437. The van der Waals surface area contributed by atoms with Crippen molar-refractivity contribution in [1.29, 1.82) is 0 Å². The summed E-state index contributed by atoms with van der Waals surface area (Å²) >= 11 is 1.40. The Labute approximate surface area is 126 Å². The first kappa shape index (κ1) is 15.9. The van der Waals surface area contributed by atoms with Gasteiger partial charge >= 0.3 is 0 Å². The van der Waals surface area contributed by atoms with Crippen molar-refractivity contribution in [1.82, 2.24) is 9.62 Å². The van der Waals surface area contributed by atoms with Crippen LogP contribution in [0.5, 0.6) is 0 Å². The summed E-state index contributed by atoms with van der Waals surface area (Å²) in [6, 6.07) is 1.82. The van der Waals surface area contributed by atoms with Gasteiger partial charge in [-0.25, -0.2) is 8.42 Å². The molecule has 0 spiro atoms. The second kappa shape index (κ2) is 6.13. The highest BCUT2D eigenvalue weighted by Crippen LogP contribution is 2.32. The van der Waals surface area contributed by atoms with Crippen molar-refractivity contribution < 1.29 is 8.42 Å². The molecular formula is C14H24N2O2S2. The van der Waals surface area contributed by atoms with Crippen LogP contribution in [0.3, 0.4) is 0 Å². The van der Waals surface area contributed by atoms with Crippen molar-refractivity contribution in [2.24, 2.45) is 11.8 Å². The molecule has 2 atom stereocenters. The van der Waals surface area contributed by atoms with Gasteiger partial charge in [-0.15, -0.1) is 11.3 Å². The second-order valence-corrected chi connectivity index (χ2v) is 9.03. The smallest absolute Gasteiger partial charge is 0.252 e. The molecule has 0 bridgehead atoms. The van der Waals surface area contributed by atoms with Crippen LogP contribution in [0.25, 0.3) is 0 Å². The molecule has 20 heavy (non-hydrogen) atoms. The molecule has 0 radical (unpaired) electrons. The molecule has 0 saturated carbocycles. The summed E-state index contributed by atoms with van der Waals surface area (Å²) in [7, 11) is -3.31. The molecule has 2 heterocycles. The maximum Gasteiger partial charge on any atom is 0.252 e. The standard InChI is InChI=1S/C14H24N2O2S2/c1-5-15-7-13-10(2)6-14(19-13)20(17,18)16-8-11(3)12(4)9-16/h6,11-12,15H,5,7-9H2,1-4H3. The minimum Gasteiger partial charge on any atom is -0.312 e. The summed E-state index contributed by atoms with van der Waals surface area (Å²) < 4.78 is 27.5. The minimum atomic E-state index is -3.31. The number of hydrogen-bond donors (Lipinski definition) is 1. The van der Waals surface area contributed by atoms with E-state index in [2.05, 4.69) is 19.2 Å². The van der Waals surface area contributed by atoms with Gasteiger partial charge in [-0.1, -0.05) is 20.8 Å². The Morgan fingerprint density at radius 1 is 1.35 bits per heavy atom. The van der Waals surface area contributed by atoms with Crippen molar-refractivity contribution in [3.05, 3.63) is 16.5 Å². The molecule has 1 N–H and O–H groups in total. The Bertz CT molecular complexity index is 556. The molecule has 1 aliphatic rings. The van der Waals surface area contributed by atoms with Crippen molar-refractivity contribution in [2.45, 2.75) is 38.4 Å². The number of thiophene rings is 1. The Morgan fingerprint density at radius 2 is 1.95 bits per heavy atom. The Morgan fingerprint density at radius 3 is 2.50 bits per heavy atom. The monoisotopic (exact) mass is 316 g/mol. The number of aryl methyl sites for hydroxylation is 1. The lowest BCUT2D eigenvalue weighted by Gasteiger charge is -2.14. The molecule has 4 nitrogen and oxygen atoms in total. The van der Waals surface area contributed by atoms with Crippen LogP contribution in [-0.2, 0) is 16.6 Å². The van der Waals surface area contributed by atoms with E-state index in [0.29, 0.717) is 29.1 Å². The summed E-state index contributed by atoms with van der Waals surface area (Å²) in [6.07, 6.45) is 0. The summed E-state index contributed by atoms with van der Waals surface area (Å²) in [4.78, 5) is 1.12. The Kier molecular flexibility index (Phi) is 4.89. The van der Waals surface area contributed by atoms with Gasteiger partial charge in [-0.3, -0.25) is 0 Å². The van der Waals surface area contributed by atoms with Gasteiger partial charge in [0.05, 0.1) is 0 Å². The molecule has 2 unspecified atom stereocenters. The number of sulfonamides is 1. The Balaban J connectivity index is 2.22. The van der Waals surface area contributed by atoms with Crippen LogP contribution in [0.1, 0.15) is 31.2 Å². The molecule has 0 aromatic carbocycles. The van der Waals surface area contributed by atoms with Crippen molar-refractivity contribution in [3.63, 3.8) is 0 Å². The quantitative estimate of drug-likeness (QED) is 0.908. The van der Waals surface area contributed by atoms with E-state index in [9.17, 15) is 8.42 Å². The van der Waals surface area contributed by atoms with Crippen molar-refractivity contribution >= 4 is 21.4 Å². The summed E-state index contributed by atoms with van der Waals surface area (Å²) in [5.74, 6) is 0.874. The first-order chi connectivity index (χ1) is 9.36. The van der Waals surface area contributed by atoms with E-state index >= 15 is 0 Å². The fourth-order valence-corrected chi connectivity index (χ4v) is 5.79. The topological polar surface area (TPSA) is 49.4 Å². The van der Waals surface area contributed by atoms with Crippen LogP contribution in [0.2, 0.25) is 0 Å². The maximum absolute atomic E-state index is 12.7. The molecule has 2 rings (SSSR count). The zero-order valence-electron chi connectivity index (χ0n) is 12.6. The highest BCUT2D eigenvalue weighted by atomic mass is 32.2. The predicted molar refractivity (Wildman–Crippen MR) is 83.5 cm³/mol. The number of nitrogens with zero attached hydrogens (tertiary/aromatic N) is 1. The van der Waals surface area contributed by atoms with E-state index in [1.807, 2.05) is 19.9 Å². The molecule has 1 aromatic heterocycles. The van der Waals surface area contributed by atoms with Gasteiger partial charge < -0.3 is 5.32 Å². The van der Waals surface area contributed by atoms with E-state index in [4.69, 9.17) is 0 Å². The van der Waals surface area contributed by atoms with Crippen LogP contribution in [0, 0.1) is 18.8 Å². The molecule has 0 aliphatic carbocycles. The van der Waals surface area contributed by atoms with E-state index in [0.717, 1.165) is 23.5 Å². The lowest BCUT2D eigenvalue weighted by atomic mass is 10.0. The number of hydrogen-bond acceptors (Lipinski definition) is 4. The number of rotatable bonds is 5. The molecule has 0 amide bonds. The van der Waals surface area contributed by atoms with Crippen LogP contribution in [0.15, 0.2) is 10.3 Å². The summed E-state index contributed by atoms with van der Waals surface area (Å²) in [5, 5.41) is 3.26. The summed E-state index contributed by atoms with van der Waals surface area (Å²) in [6.45, 7) is 11.2. The maximum atomic E-state index is 12.7. The van der Waals surface area contributed by atoms with Gasteiger partial charge in [-0.2, -0.15) is 4.31 Å². The first-order valence-corrected chi connectivity index (χ1v) is 9.42. The third-order valence-corrected chi connectivity index (χ3v) is 7.60. The normalized spacial score (nSPS) is 24.4. The van der Waals surface area contributed by atoms with Crippen LogP contribution >= 0.6 is 11.3 Å². The second-order valence-electron chi connectivity index (χ2n) is 5.73. The average Bonchev–Trinajstić information content (AvgIpc) is 2.92. The molecule has 1 aromatic rings. The molecule has 1 saturated heterocycles. The Hall–Kier alpha value is -0.430. The van der Waals surface area contributed by atoms with Crippen LogP contribution in [0.4, 0.5) is 0 Å². The lowest BCUT2D eigenvalue weighted by Crippen LogP contribution is -2.28. The lowest BCUT2D eigenvalue weighted by molar-refractivity contribution is 0.465. The highest BCUT2D eigenvalue weighted by Gasteiger charge is 2.35. The fraction of sp³-hybridized carbons (Fsp3) is 0.714. The molecule has 1 fully saturated rings. The fourth-order valence-electron chi connectivity index (χ4n) is 2.43. The van der Waals surface area contributed by atoms with Gasteiger partial charge in [0.2, 0.25) is 0 Å². The van der Waals surface area contributed by atoms with Gasteiger partial charge in [0.15, 0.2) is 0 Å². The summed E-state index contributed by atoms with van der Waals surface area (Å²) in [5.41, 5.74) is 1.06. The largest absolute Gasteiger partial charge is 0.312 e. The van der Waals surface area contributed by atoms with Gasteiger partial charge in [0.1, 0.15) is 4.21 Å². The highest BCUT2D eigenvalue weighted by molar-refractivity contribution is 7.91. The zero-order chi connectivity index (χ0) is 14.9. The van der Waals surface area contributed by atoms with E-state index in [1.54, 1.807) is 4.31 Å². The van der Waals surface area contributed by atoms with Gasteiger partial charge in [0.25, 0.3) is 10.0 Å². The molecule has 6 heteroatoms. The third-order valence-electron chi connectivity index (χ3n) is 4.08. The molecule has 1 aliphatic heterocycles. The molecule has 114 valence electrons. The van der Waals surface area contributed by atoms with Crippen molar-refractivity contribution in [3.8, 4) is 0 Å². The van der Waals surface area contributed by atoms with E-state index in [1.165, 1.54) is 11.3 Å². The van der Waals surface area contributed by atoms with Gasteiger partial charge in [0, 0.05) is 24.5 Å². The van der Waals surface area contributed by atoms with E-state index in [-0.39, 0.29) is 0 Å². The molecular weight excluding hydrogens is 292 g/mol. The zero-order valence-corrected chi connectivity index (χ0v) is 14.3. The van der Waals surface area contributed by atoms with Crippen LogP contribution in [-0.4, -0.2) is 32.4 Å². The SMILES string of the molecule is CCNCc1sc(S(=O)(=O)N2CC(C)C(C)C2)cc1C. The van der Waals surface area contributed by atoms with Gasteiger partial charge in [-0.05, 0) is 36.9 Å². The van der Waals surface area contributed by atoms with Crippen LogP contribution < -0.4 is 5.32 Å². The predicted octanol–water partition coefficient (Wildman–Crippen LogP) is 2.44. The van der Waals surface area contributed by atoms with Crippen molar-refractivity contribution in [2.75, 3.05) is 19.6 Å². The average molecular weight is 316 g/mol. The third kappa shape index (κ3) is 3.08. The first-order valence-electron chi connectivity index (χ1n) is 7.16. The number of nitrogens with one attached hydrogen (secondary N) is 1.